The molecule has 0 radical (unpaired) electrons. The molecule has 0 unspecified atom stereocenters. The lowest BCUT2D eigenvalue weighted by Gasteiger charge is -1.88. The standard InChI is InChI=1S/C7H8BrNO2/c1-3-4(2)9-6(5(3)8)7(10)11/h9H,1-2H3,(H,10,11). The molecule has 0 atom stereocenters. The number of aromatic amines is 1. The van der Waals surface area contributed by atoms with Crippen molar-refractivity contribution in [3.63, 3.8) is 0 Å². The molecule has 0 fully saturated rings. The van der Waals surface area contributed by atoms with Gasteiger partial charge in [0.2, 0.25) is 0 Å². The molecule has 3 nitrogen and oxygen atoms in total. The van der Waals surface area contributed by atoms with Crippen molar-refractivity contribution in [3.8, 4) is 0 Å². The summed E-state index contributed by atoms with van der Waals surface area (Å²) in [4.78, 5) is 13.3. The first-order chi connectivity index (χ1) is 5.04. The number of halogens is 1. The van der Waals surface area contributed by atoms with Crippen LogP contribution in [0.3, 0.4) is 0 Å². The van der Waals surface area contributed by atoms with E-state index < -0.39 is 5.97 Å². The lowest BCUT2D eigenvalue weighted by atomic mass is 10.3. The largest absolute Gasteiger partial charge is 0.477 e. The van der Waals surface area contributed by atoms with Crippen LogP contribution in [0, 0.1) is 13.8 Å². The van der Waals surface area contributed by atoms with Crippen LogP contribution in [0.5, 0.6) is 0 Å². The summed E-state index contributed by atoms with van der Waals surface area (Å²) >= 11 is 3.19. The molecule has 0 spiro atoms. The van der Waals surface area contributed by atoms with Gasteiger partial charge < -0.3 is 10.1 Å². The predicted octanol–water partition coefficient (Wildman–Crippen LogP) is 2.09. The molecule has 0 saturated heterocycles. The van der Waals surface area contributed by atoms with Crippen LogP contribution in [0.2, 0.25) is 0 Å². The minimum atomic E-state index is -0.937. The van der Waals surface area contributed by atoms with E-state index in [2.05, 4.69) is 20.9 Å². The minimum Gasteiger partial charge on any atom is -0.477 e. The third-order valence-corrected chi connectivity index (χ3v) is 2.63. The maximum absolute atomic E-state index is 10.5. The molecule has 0 aliphatic heterocycles. The van der Waals surface area contributed by atoms with Gasteiger partial charge in [0, 0.05) is 5.69 Å². The molecule has 11 heavy (non-hydrogen) atoms. The lowest BCUT2D eigenvalue weighted by Crippen LogP contribution is -1.96. The van der Waals surface area contributed by atoms with Crippen LogP contribution in [-0.2, 0) is 0 Å². The highest BCUT2D eigenvalue weighted by atomic mass is 79.9. The second-order valence-corrected chi connectivity index (χ2v) is 3.16. The SMILES string of the molecule is Cc1[nH]c(C(=O)O)c(Br)c1C. The van der Waals surface area contributed by atoms with Crippen LogP contribution in [0.15, 0.2) is 4.47 Å². The molecule has 0 aliphatic carbocycles. The first-order valence-electron chi connectivity index (χ1n) is 3.12. The number of aromatic carboxylic acids is 1. The summed E-state index contributed by atoms with van der Waals surface area (Å²) < 4.78 is 0.641. The van der Waals surface area contributed by atoms with Gasteiger partial charge in [-0.15, -0.1) is 0 Å². The average Bonchev–Trinajstić information content (AvgIpc) is 2.17. The fourth-order valence-corrected chi connectivity index (χ4v) is 1.40. The Labute approximate surface area is 72.6 Å². The third-order valence-electron chi connectivity index (χ3n) is 1.64. The summed E-state index contributed by atoms with van der Waals surface area (Å²) in [6.07, 6.45) is 0. The normalized spacial score (nSPS) is 10.1. The molecular formula is C7H8BrNO2. The Morgan fingerprint density at radius 2 is 2.09 bits per heavy atom. The lowest BCUT2D eigenvalue weighted by molar-refractivity contribution is 0.0690. The number of rotatable bonds is 1. The van der Waals surface area contributed by atoms with Gasteiger partial charge in [0.25, 0.3) is 0 Å². The van der Waals surface area contributed by atoms with E-state index in [1.54, 1.807) is 0 Å². The Morgan fingerprint density at radius 3 is 2.27 bits per heavy atom. The molecule has 1 rings (SSSR count). The van der Waals surface area contributed by atoms with Crippen molar-refractivity contribution < 1.29 is 9.90 Å². The van der Waals surface area contributed by atoms with Crippen LogP contribution >= 0.6 is 15.9 Å². The van der Waals surface area contributed by atoms with Gasteiger partial charge in [-0.25, -0.2) is 4.79 Å². The molecule has 1 heterocycles. The maximum Gasteiger partial charge on any atom is 0.353 e. The van der Waals surface area contributed by atoms with Crippen LogP contribution < -0.4 is 0 Å². The monoisotopic (exact) mass is 217 g/mol. The number of hydrogen-bond donors (Lipinski definition) is 2. The van der Waals surface area contributed by atoms with Gasteiger partial charge in [-0.1, -0.05) is 0 Å². The van der Waals surface area contributed by atoms with E-state index in [9.17, 15) is 4.79 Å². The molecule has 1 aromatic rings. The highest BCUT2D eigenvalue weighted by Crippen LogP contribution is 2.23. The molecule has 4 heteroatoms. The van der Waals surface area contributed by atoms with Crippen molar-refractivity contribution in [2.24, 2.45) is 0 Å². The van der Waals surface area contributed by atoms with Crippen molar-refractivity contribution in [1.82, 2.24) is 4.98 Å². The number of aryl methyl sites for hydroxylation is 1. The maximum atomic E-state index is 10.5. The predicted molar refractivity (Wildman–Crippen MR) is 44.9 cm³/mol. The number of hydrogen-bond acceptors (Lipinski definition) is 1. The Hall–Kier alpha value is -0.770. The minimum absolute atomic E-state index is 0.222. The average molecular weight is 218 g/mol. The van der Waals surface area contributed by atoms with E-state index in [1.165, 1.54) is 0 Å². The smallest absolute Gasteiger partial charge is 0.353 e. The van der Waals surface area contributed by atoms with Crippen molar-refractivity contribution in [3.05, 3.63) is 21.4 Å². The van der Waals surface area contributed by atoms with E-state index in [-0.39, 0.29) is 5.69 Å². The van der Waals surface area contributed by atoms with Gasteiger partial charge >= 0.3 is 5.97 Å². The molecule has 0 amide bonds. The molecule has 2 N–H and O–H groups in total. The first kappa shape index (κ1) is 8.33. The third kappa shape index (κ3) is 1.30. The highest BCUT2D eigenvalue weighted by Gasteiger charge is 2.14. The zero-order valence-corrected chi connectivity index (χ0v) is 7.82. The molecule has 60 valence electrons. The van der Waals surface area contributed by atoms with Gasteiger partial charge in [-0.3, -0.25) is 0 Å². The van der Waals surface area contributed by atoms with Crippen molar-refractivity contribution in [1.29, 1.82) is 0 Å². The number of carboxylic acids is 1. The van der Waals surface area contributed by atoms with Gasteiger partial charge in [0.05, 0.1) is 4.47 Å². The number of H-pyrrole nitrogens is 1. The van der Waals surface area contributed by atoms with E-state index in [0.717, 1.165) is 11.3 Å². The molecule has 1 aromatic heterocycles. The van der Waals surface area contributed by atoms with Crippen LogP contribution in [0.25, 0.3) is 0 Å². The summed E-state index contributed by atoms with van der Waals surface area (Å²) in [5, 5.41) is 8.64. The number of carboxylic acid groups (broad SMARTS) is 1. The molecular weight excluding hydrogens is 210 g/mol. The molecule has 0 aliphatic rings. The molecule has 0 bridgehead atoms. The molecule has 0 aromatic carbocycles. The van der Waals surface area contributed by atoms with E-state index in [0.29, 0.717) is 4.47 Å². The van der Waals surface area contributed by atoms with E-state index >= 15 is 0 Å². The topological polar surface area (TPSA) is 53.1 Å². The van der Waals surface area contributed by atoms with Gasteiger partial charge in [0.1, 0.15) is 5.69 Å². The van der Waals surface area contributed by atoms with Gasteiger partial charge in [0.15, 0.2) is 0 Å². The Morgan fingerprint density at radius 1 is 1.55 bits per heavy atom. The summed E-state index contributed by atoms with van der Waals surface area (Å²) in [6.45, 7) is 3.70. The number of aromatic nitrogens is 1. The Balaban J connectivity index is 3.29. The summed E-state index contributed by atoms with van der Waals surface area (Å²) in [5.41, 5.74) is 2.05. The van der Waals surface area contributed by atoms with Crippen LogP contribution in [-0.4, -0.2) is 16.1 Å². The Kier molecular flexibility index (Phi) is 2.04. The number of carbonyl (C=O) groups is 1. The van der Waals surface area contributed by atoms with Crippen molar-refractivity contribution >= 4 is 21.9 Å². The highest BCUT2D eigenvalue weighted by molar-refractivity contribution is 9.10. The fraction of sp³-hybridized carbons (Fsp3) is 0.286. The van der Waals surface area contributed by atoms with E-state index in [1.807, 2.05) is 13.8 Å². The van der Waals surface area contributed by atoms with Crippen LogP contribution in [0.1, 0.15) is 21.7 Å². The van der Waals surface area contributed by atoms with E-state index in [4.69, 9.17) is 5.11 Å². The zero-order valence-electron chi connectivity index (χ0n) is 6.23. The fourth-order valence-electron chi connectivity index (χ4n) is 0.836. The summed E-state index contributed by atoms with van der Waals surface area (Å²) in [6, 6.07) is 0. The Bertz CT molecular complexity index is 304. The van der Waals surface area contributed by atoms with Crippen LogP contribution in [0.4, 0.5) is 0 Å². The summed E-state index contributed by atoms with van der Waals surface area (Å²) in [5.74, 6) is -0.937. The van der Waals surface area contributed by atoms with Crippen molar-refractivity contribution in [2.75, 3.05) is 0 Å². The van der Waals surface area contributed by atoms with Crippen molar-refractivity contribution in [2.45, 2.75) is 13.8 Å². The van der Waals surface area contributed by atoms with Gasteiger partial charge in [-0.2, -0.15) is 0 Å². The quantitative estimate of drug-likeness (QED) is 0.758. The number of nitrogens with one attached hydrogen (secondary N) is 1. The molecule has 0 saturated carbocycles. The summed E-state index contributed by atoms with van der Waals surface area (Å²) in [7, 11) is 0. The second-order valence-electron chi connectivity index (χ2n) is 2.37. The first-order valence-corrected chi connectivity index (χ1v) is 3.91. The van der Waals surface area contributed by atoms with Gasteiger partial charge in [-0.05, 0) is 35.3 Å². The zero-order chi connectivity index (χ0) is 8.59. The second kappa shape index (κ2) is 2.70.